The molecule has 0 saturated heterocycles. The van der Waals surface area contributed by atoms with Gasteiger partial charge in [-0.3, -0.25) is 4.79 Å². The zero-order chi connectivity index (χ0) is 15.7. The average Bonchev–Trinajstić information content (AvgIpc) is 2.47. The minimum absolute atomic E-state index is 0.385. The summed E-state index contributed by atoms with van der Waals surface area (Å²) in [7, 11) is 1.90. The van der Waals surface area contributed by atoms with Gasteiger partial charge in [-0.1, -0.05) is 33.1 Å². The van der Waals surface area contributed by atoms with Crippen LogP contribution in [0.4, 0.5) is 5.69 Å². The van der Waals surface area contributed by atoms with Crippen molar-refractivity contribution in [3.8, 4) is 5.75 Å². The maximum absolute atomic E-state index is 10.9. The molecule has 1 atom stereocenters. The highest BCUT2D eigenvalue weighted by atomic mass is 16.5. The van der Waals surface area contributed by atoms with Crippen LogP contribution in [0.25, 0.3) is 0 Å². The summed E-state index contributed by atoms with van der Waals surface area (Å²) >= 11 is 0. The quantitative estimate of drug-likeness (QED) is 0.667. The lowest BCUT2D eigenvalue weighted by Gasteiger charge is -2.21. The van der Waals surface area contributed by atoms with Crippen LogP contribution in [-0.4, -0.2) is 31.3 Å². The number of rotatable bonds is 10. The maximum Gasteiger partial charge on any atom is 0.308 e. The van der Waals surface area contributed by atoms with Gasteiger partial charge in [0.1, 0.15) is 5.75 Å². The molecule has 4 nitrogen and oxygen atoms in total. The van der Waals surface area contributed by atoms with E-state index in [1.807, 2.05) is 36.2 Å². The third-order valence-corrected chi connectivity index (χ3v) is 3.51. The Morgan fingerprint density at radius 1 is 1.24 bits per heavy atom. The van der Waals surface area contributed by atoms with Gasteiger partial charge >= 0.3 is 5.97 Å². The second-order valence-corrected chi connectivity index (χ2v) is 5.52. The van der Waals surface area contributed by atoms with Crippen LogP contribution < -0.4 is 9.64 Å². The number of carbonyl (C=O) groups is 1. The molecule has 0 spiro atoms. The van der Waals surface area contributed by atoms with Crippen LogP contribution in [0.3, 0.4) is 0 Å². The summed E-state index contributed by atoms with van der Waals surface area (Å²) in [6, 6.07) is 7.82. The molecular weight excluding hydrogens is 266 g/mol. The van der Waals surface area contributed by atoms with Crippen LogP contribution in [0, 0.1) is 5.92 Å². The lowest BCUT2D eigenvalue weighted by atomic mass is 10.1. The zero-order valence-electron chi connectivity index (χ0n) is 13.3. The molecule has 4 heteroatoms. The molecule has 0 bridgehead atoms. The Bertz CT molecular complexity index is 417. The standard InChI is InChI=1S/C17H27NO3/c1-4-5-6-7-12-21-16-10-8-15(9-11-16)18(3)13-14(2)17(19)20/h8-11,14H,4-7,12-13H2,1-3H3,(H,19,20). The number of unbranched alkanes of at least 4 members (excludes halogenated alkanes) is 3. The molecule has 21 heavy (non-hydrogen) atoms. The van der Waals surface area contributed by atoms with E-state index in [9.17, 15) is 4.79 Å². The number of anilines is 1. The van der Waals surface area contributed by atoms with Gasteiger partial charge in [-0.05, 0) is 30.7 Å². The molecule has 0 aromatic heterocycles. The number of benzene rings is 1. The first-order chi connectivity index (χ1) is 10.0. The molecule has 0 heterocycles. The number of hydrogen-bond acceptors (Lipinski definition) is 3. The van der Waals surface area contributed by atoms with Gasteiger partial charge in [0.15, 0.2) is 0 Å². The van der Waals surface area contributed by atoms with Crippen LogP contribution in [0.15, 0.2) is 24.3 Å². The molecule has 0 saturated carbocycles. The van der Waals surface area contributed by atoms with E-state index in [0.717, 1.165) is 24.5 Å². The molecule has 118 valence electrons. The summed E-state index contributed by atoms with van der Waals surface area (Å²) in [5.74, 6) is -0.284. The van der Waals surface area contributed by atoms with Crippen molar-refractivity contribution in [1.82, 2.24) is 0 Å². The molecule has 0 aliphatic rings. The Morgan fingerprint density at radius 2 is 1.90 bits per heavy atom. The van der Waals surface area contributed by atoms with Gasteiger partial charge in [0.05, 0.1) is 12.5 Å². The van der Waals surface area contributed by atoms with E-state index in [2.05, 4.69) is 6.92 Å². The lowest BCUT2D eigenvalue weighted by Crippen LogP contribution is -2.28. The van der Waals surface area contributed by atoms with Crippen molar-refractivity contribution in [3.63, 3.8) is 0 Å². The fraction of sp³-hybridized carbons (Fsp3) is 0.588. The topological polar surface area (TPSA) is 49.8 Å². The Morgan fingerprint density at radius 3 is 2.48 bits per heavy atom. The molecule has 1 aromatic carbocycles. The Labute approximate surface area is 127 Å². The first kappa shape index (κ1) is 17.3. The van der Waals surface area contributed by atoms with Gasteiger partial charge < -0.3 is 14.7 Å². The van der Waals surface area contributed by atoms with Crippen LogP contribution in [-0.2, 0) is 4.79 Å². The summed E-state index contributed by atoms with van der Waals surface area (Å²) in [6.07, 6.45) is 4.79. The second-order valence-electron chi connectivity index (χ2n) is 5.52. The highest BCUT2D eigenvalue weighted by molar-refractivity contribution is 5.70. The van der Waals surface area contributed by atoms with E-state index in [0.29, 0.717) is 6.54 Å². The SMILES string of the molecule is CCCCCCOc1ccc(N(C)CC(C)C(=O)O)cc1. The summed E-state index contributed by atoms with van der Waals surface area (Å²) in [5.41, 5.74) is 1.00. The van der Waals surface area contributed by atoms with E-state index in [1.165, 1.54) is 19.3 Å². The molecule has 0 radical (unpaired) electrons. The first-order valence-electron chi connectivity index (χ1n) is 7.71. The van der Waals surface area contributed by atoms with Gasteiger partial charge in [-0.15, -0.1) is 0 Å². The number of nitrogens with zero attached hydrogens (tertiary/aromatic N) is 1. The third kappa shape index (κ3) is 6.52. The monoisotopic (exact) mass is 293 g/mol. The van der Waals surface area contributed by atoms with E-state index in [-0.39, 0.29) is 5.92 Å². The van der Waals surface area contributed by atoms with Gasteiger partial charge in [0, 0.05) is 19.3 Å². The van der Waals surface area contributed by atoms with E-state index >= 15 is 0 Å². The van der Waals surface area contributed by atoms with Crippen molar-refractivity contribution in [2.24, 2.45) is 5.92 Å². The van der Waals surface area contributed by atoms with Crippen LogP contribution in [0.1, 0.15) is 39.5 Å². The molecule has 0 fully saturated rings. The normalized spacial score (nSPS) is 12.0. The van der Waals surface area contributed by atoms with Crippen molar-refractivity contribution in [2.45, 2.75) is 39.5 Å². The zero-order valence-corrected chi connectivity index (χ0v) is 13.3. The van der Waals surface area contributed by atoms with Gasteiger partial charge in [-0.2, -0.15) is 0 Å². The van der Waals surface area contributed by atoms with Crippen molar-refractivity contribution in [2.75, 3.05) is 25.1 Å². The molecule has 1 aromatic rings. The summed E-state index contributed by atoms with van der Waals surface area (Å²) in [5, 5.41) is 8.93. The summed E-state index contributed by atoms with van der Waals surface area (Å²) in [6.45, 7) is 5.16. The van der Waals surface area contributed by atoms with Crippen molar-refractivity contribution in [1.29, 1.82) is 0 Å². The van der Waals surface area contributed by atoms with Crippen molar-refractivity contribution >= 4 is 11.7 Å². The van der Waals surface area contributed by atoms with Gasteiger partial charge in [0.25, 0.3) is 0 Å². The Kier molecular flexibility index (Phi) is 7.65. The Hall–Kier alpha value is -1.71. The Balaban J connectivity index is 2.40. The van der Waals surface area contributed by atoms with E-state index in [4.69, 9.17) is 9.84 Å². The lowest BCUT2D eigenvalue weighted by molar-refractivity contribution is -0.140. The van der Waals surface area contributed by atoms with Gasteiger partial charge in [0.2, 0.25) is 0 Å². The molecule has 1 rings (SSSR count). The minimum atomic E-state index is -0.770. The molecule has 0 aliphatic heterocycles. The third-order valence-electron chi connectivity index (χ3n) is 3.51. The highest BCUT2D eigenvalue weighted by Crippen LogP contribution is 2.19. The number of carboxylic acids is 1. The maximum atomic E-state index is 10.9. The second kappa shape index (κ2) is 9.27. The molecule has 1 unspecified atom stereocenters. The summed E-state index contributed by atoms with van der Waals surface area (Å²) < 4.78 is 5.69. The number of hydrogen-bond donors (Lipinski definition) is 1. The summed E-state index contributed by atoms with van der Waals surface area (Å²) in [4.78, 5) is 12.8. The van der Waals surface area contributed by atoms with E-state index in [1.54, 1.807) is 6.92 Å². The molecule has 0 amide bonds. The highest BCUT2D eigenvalue weighted by Gasteiger charge is 2.13. The predicted molar refractivity (Wildman–Crippen MR) is 86.1 cm³/mol. The fourth-order valence-electron chi connectivity index (χ4n) is 2.11. The predicted octanol–water partition coefficient (Wildman–Crippen LogP) is 3.80. The van der Waals surface area contributed by atoms with Crippen molar-refractivity contribution in [3.05, 3.63) is 24.3 Å². The largest absolute Gasteiger partial charge is 0.494 e. The van der Waals surface area contributed by atoms with E-state index < -0.39 is 5.97 Å². The van der Waals surface area contributed by atoms with Crippen LogP contribution >= 0.6 is 0 Å². The van der Waals surface area contributed by atoms with Crippen molar-refractivity contribution < 1.29 is 14.6 Å². The number of ether oxygens (including phenoxy) is 1. The number of carboxylic acid groups (broad SMARTS) is 1. The number of aliphatic carboxylic acids is 1. The van der Waals surface area contributed by atoms with Crippen LogP contribution in [0.5, 0.6) is 5.75 Å². The molecular formula is C17H27NO3. The first-order valence-corrected chi connectivity index (χ1v) is 7.71. The van der Waals surface area contributed by atoms with Gasteiger partial charge in [-0.25, -0.2) is 0 Å². The average molecular weight is 293 g/mol. The fourth-order valence-corrected chi connectivity index (χ4v) is 2.11. The molecule has 1 N–H and O–H groups in total. The van der Waals surface area contributed by atoms with Crippen LogP contribution in [0.2, 0.25) is 0 Å². The smallest absolute Gasteiger partial charge is 0.308 e. The molecule has 0 aliphatic carbocycles. The minimum Gasteiger partial charge on any atom is -0.494 e.